The molecule has 2 aromatic carbocycles. The van der Waals surface area contributed by atoms with Crippen LogP contribution in [0.5, 0.6) is 23.0 Å². The van der Waals surface area contributed by atoms with Gasteiger partial charge in [-0.05, 0) is 58.6 Å². The molecule has 0 aliphatic carbocycles. The molecule has 0 fully saturated rings. The highest BCUT2D eigenvalue weighted by molar-refractivity contribution is 5.97. The van der Waals surface area contributed by atoms with Gasteiger partial charge in [-0.2, -0.15) is 0 Å². The van der Waals surface area contributed by atoms with Gasteiger partial charge in [0, 0.05) is 23.8 Å². The van der Waals surface area contributed by atoms with Crippen molar-refractivity contribution in [2.75, 3.05) is 20.3 Å². The number of phenolic OH excluding ortho intramolecular Hbond substituents is 2. The second kappa shape index (κ2) is 11.8. The van der Waals surface area contributed by atoms with Gasteiger partial charge in [0.05, 0.1) is 19.1 Å². The fourth-order valence-electron chi connectivity index (χ4n) is 3.97. The number of hydrogen-bond acceptors (Lipinski definition) is 7. The molecule has 3 N–H and O–H groups in total. The number of phenols is 2. The van der Waals surface area contributed by atoms with Gasteiger partial charge in [-0.25, -0.2) is 0 Å². The maximum Gasteiger partial charge on any atom is 0.204 e. The molecule has 192 valence electrons. The fourth-order valence-corrected chi connectivity index (χ4v) is 3.97. The smallest absolute Gasteiger partial charge is 0.204 e. The highest BCUT2D eigenvalue weighted by Gasteiger charge is 2.22. The topological polar surface area (TPSA) is 109 Å². The lowest BCUT2D eigenvalue weighted by molar-refractivity contribution is 0.315. The molecule has 0 aliphatic heterocycles. The quantitative estimate of drug-likeness (QED) is 0.237. The van der Waals surface area contributed by atoms with Crippen LogP contribution in [-0.4, -0.2) is 35.6 Å². The fraction of sp³-hybridized carbons (Fsp3) is 0.345. The number of allylic oxidation sites excluding steroid dienone is 4. The van der Waals surface area contributed by atoms with E-state index in [-0.39, 0.29) is 46.7 Å². The zero-order valence-electron chi connectivity index (χ0n) is 21.5. The molecule has 0 spiro atoms. The highest BCUT2D eigenvalue weighted by atomic mass is 16.5. The van der Waals surface area contributed by atoms with Crippen LogP contribution in [0.15, 0.2) is 62.4 Å². The van der Waals surface area contributed by atoms with Crippen molar-refractivity contribution < 1.29 is 29.2 Å². The van der Waals surface area contributed by atoms with Crippen LogP contribution in [0, 0.1) is 0 Å². The van der Waals surface area contributed by atoms with E-state index in [4.69, 9.17) is 13.9 Å². The summed E-state index contributed by atoms with van der Waals surface area (Å²) in [7, 11) is 1.51. The van der Waals surface area contributed by atoms with Gasteiger partial charge in [0.25, 0.3) is 0 Å². The lowest BCUT2D eigenvalue weighted by atomic mass is 9.99. The van der Waals surface area contributed by atoms with Crippen molar-refractivity contribution in [3.8, 4) is 23.0 Å². The summed E-state index contributed by atoms with van der Waals surface area (Å²) in [6, 6.07) is 3.98. The molecule has 1 heterocycles. The lowest BCUT2D eigenvalue weighted by Gasteiger charge is -2.16. The van der Waals surface area contributed by atoms with Crippen molar-refractivity contribution in [3.05, 3.63) is 68.9 Å². The Labute approximate surface area is 210 Å². The van der Waals surface area contributed by atoms with E-state index < -0.39 is 5.43 Å². The zero-order chi connectivity index (χ0) is 26.4. The first-order valence-electron chi connectivity index (χ1n) is 11.9. The second-order valence-corrected chi connectivity index (χ2v) is 9.12. The van der Waals surface area contributed by atoms with E-state index in [1.54, 1.807) is 19.1 Å². The number of aliphatic hydroxyl groups excluding tert-OH is 1. The molecule has 0 radical (unpaired) electrons. The third kappa shape index (κ3) is 6.10. The van der Waals surface area contributed by atoms with Crippen LogP contribution in [0.4, 0.5) is 0 Å². The molecule has 0 bridgehead atoms. The lowest BCUT2D eigenvalue weighted by Crippen LogP contribution is -2.09. The third-order valence-electron chi connectivity index (χ3n) is 5.92. The number of aromatic hydroxyl groups is 2. The molecule has 7 nitrogen and oxygen atoms in total. The average molecular weight is 495 g/mol. The Balaban J connectivity index is 2.21. The summed E-state index contributed by atoms with van der Waals surface area (Å²) in [5, 5.41) is 29.8. The molecular formula is C29H34O7. The van der Waals surface area contributed by atoms with Gasteiger partial charge in [-0.1, -0.05) is 23.3 Å². The minimum atomic E-state index is -0.421. The van der Waals surface area contributed by atoms with Crippen molar-refractivity contribution >= 4 is 21.9 Å². The number of rotatable bonds is 10. The van der Waals surface area contributed by atoms with Crippen LogP contribution in [-0.2, 0) is 6.42 Å². The SMILES string of the molecule is COc1c(OCC=C(C)CO)cc2oc3cc(O)cc(O)c3c(=O)c2c1CC=C(C)CCC=C(C)C. The first-order valence-corrected chi connectivity index (χ1v) is 11.9. The van der Waals surface area contributed by atoms with Crippen molar-refractivity contribution in [1.82, 2.24) is 0 Å². The van der Waals surface area contributed by atoms with Crippen molar-refractivity contribution in [3.63, 3.8) is 0 Å². The summed E-state index contributed by atoms with van der Waals surface area (Å²) in [6.45, 7) is 8.08. The predicted octanol–water partition coefficient (Wildman–Crippen LogP) is 5.92. The monoisotopic (exact) mass is 494 g/mol. The van der Waals surface area contributed by atoms with E-state index in [1.165, 1.54) is 18.7 Å². The van der Waals surface area contributed by atoms with Gasteiger partial charge < -0.3 is 29.2 Å². The van der Waals surface area contributed by atoms with Crippen molar-refractivity contribution in [2.24, 2.45) is 0 Å². The van der Waals surface area contributed by atoms with Crippen LogP contribution in [0.1, 0.15) is 46.1 Å². The first kappa shape index (κ1) is 26.9. The molecule has 3 aromatic rings. The van der Waals surface area contributed by atoms with E-state index in [2.05, 4.69) is 26.0 Å². The summed E-state index contributed by atoms with van der Waals surface area (Å²) >= 11 is 0. The summed E-state index contributed by atoms with van der Waals surface area (Å²) in [5.41, 5.74) is 3.66. The molecule has 1 aromatic heterocycles. The standard InChI is InChI=1S/C29H34O7/c1-17(2)7-6-8-18(3)9-10-21-26-24(15-25(29(21)34-5)35-12-11-19(4)16-30)36-23-14-20(31)13-22(32)27(23)28(26)33/h7,9,11,13-15,30-32H,6,8,10,12,16H2,1-5H3. The normalized spacial score (nSPS) is 12.3. The van der Waals surface area contributed by atoms with Gasteiger partial charge in [0.15, 0.2) is 11.5 Å². The number of benzene rings is 2. The van der Waals surface area contributed by atoms with Crippen LogP contribution in [0.2, 0.25) is 0 Å². The molecule has 0 atom stereocenters. The van der Waals surface area contributed by atoms with Crippen molar-refractivity contribution in [1.29, 1.82) is 0 Å². The predicted molar refractivity (Wildman–Crippen MR) is 142 cm³/mol. The number of methoxy groups -OCH3 is 1. The number of fused-ring (bicyclic) bond motifs is 2. The first-order chi connectivity index (χ1) is 17.2. The molecule has 0 saturated heterocycles. The summed E-state index contributed by atoms with van der Waals surface area (Å²) in [5.74, 6) is 0.205. The van der Waals surface area contributed by atoms with E-state index in [1.807, 2.05) is 6.92 Å². The van der Waals surface area contributed by atoms with Crippen LogP contribution >= 0.6 is 0 Å². The Morgan fingerprint density at radius 2 is 1.69 bits per heavy atom. The van der Waals surface area contributed by atoms with E-state index in [0.29, 0.717) is 23.5 Å². The summed E-state index contributed by atoms with van der Waals surface area (Å²) < 4.78 is 17.6. The number of hydrogen-bond donors (Lipinski definition) is 3. The van der Waals surface area contributed by atoms with E-state index in [9.17, 15) is 20.1 Å². The maximum atomic E-state index is 13.6. The van der Waals surface area contributed by atoms with E-state index >= 15 is 0 Å². The molecule has 0 amide bonds. The number of ether oxygens (including phenoxy) is 2. The summed E-state index contributed by atoms with van der Waals surface area (Å²) in [6.07, 6.45) is 8.18. The van der Waals surface area contributed by atoms with Gasteiger partial charge in [0.2, 0.25) is 5.43 Å². The second-order valence-electron chi connectivity index (χ2n) is 9.12. The molecular weight excluding hydrogens is 460 g/mol. The Kier molecular flexibility index (Phi) is 8.83. The molecule has 7 heteroatoms. The molecule has 0 unspecified atom stereocenters. The van der Waals surface area contributed by atoms with E-state index in [0.717, 1.165) is 30.1 Å². The maximum absolute atomic E-state index is 13.6. The van der Waals surface area contributed by atoms with Crippen LogP contribution in [0.3, 0.4) is 0 Å². The van der Waals surface area contributed by atoms with Crippen LogP contribution in [0.25, 0.3) is 21.9 Å². The Bertz CT molecular complexity index is 1400. The highest BCUT2D eigenvalue weighted by Crippen LogP contribution is 2.39. The van der Waals surface area contributed by atoms with Crippen molar-refractivity contribution in [2.45, 2.75) is 47.0 Å². The number of aliphatic hydroxyl groups is 1. The molecule has 0 saturated carbocycles. The van der Waals surface area contributed by atoms with Gasteiger partial charge in [-0.15, -0.1) is 0 Å². The molecule has 3 rings (SSSR count). The Morgan fingerprint density at radius 3 is 2.36 bits per heavy atom. The van der Waals surface area contributed by atoms with Gasteiger partial charge in [0.1, 0.15) is 34.7 Å². The molecule has 36 heavy (non-hydrogen) atoms. The van der Waals surface area contributed by atoms with Gasteiger partial charge >= 0.3 is 0 Å². The largest absolute Gasteiger partial charge is 0.508 e. The zero-order valence-corrected chi connectivity index (χ0v) is 21.5. The summed E-state index contributed by atoms with van der Waals surface area (Å²) in [4.78, 5) is 13.6. The van der Waals surface area contributed by atoms with Gasteiger partial charge in [-0.3, -0.25) is 4.79 Å². The average Bonchev–Trinajstić information content (AvgIpc) is 2.81. The Hall–Kier alpha value is -3.71. The molecule has 0 aliphatic rings. The Morgan fingerprint density at radius 1 is 0.972 bits per heavy atom. The minimum Gasteiger partial charge on any atom is -0.508 e. The minimum absolute atomic E-state index is 0.0111. The van der Waals surface area contributed by atoms with Crippen LogP contribution < -0.4 is 14.9 Å². The third-order valence-corrected chi connectivity index (χ3v) is 5.92.